The van der Waals surface area contributed by atoms with Crippen molar-refractivity contribution in [2.24, 2.45) is 5.73 Å². The average molecular weight is 397 g/mol. The Kier molecular flexibility index (Phi) is 8.21. The minimum atomic E-state index is -0.845. The molecule has 0 unspecified atom stereocenters. The lowest BCUT2D eigenvalue weighted by molar-refractivity contribution is -0.129. The van der Waals surface area contributed by atoms with Crippen molar-refractivity contribution in [2.75, 3.05) is 7.11 Å². The van der Waals surface area contributed by atoms with Crippen LogP contribution in [0.1, 0.15) is 36.9 Å². The molecule has 0 fully saturated rings. The van der Waals surface area contributed by atoms with E-state index in [9.17, 15) is 14.4 Å². The van der Waals surface area contributed by atoms with Gasteiger partial charge in [-0.1, -0.05) is 42.5 Å². The van der Waals surface area contributed by atoms with E-state index in [0.29, 0.717) is 5.75 Å². The topological polar surface area (TPSA) is 111 Å². The quantitative estimate of drug-likeness (QED) is 0.568. The summed E-state index contributed by atoms with van der Waals surface area (Å²) in [5.74, 6) is -0.562. The molecule has 0 aliphatic heterocycles. The third-order valence-electron chi connectivity index (χ3n) is 4.53. The number of nitrogens with two attached hydrogens (primary N) is 1. The number of benzene rings is 2. The van der Waals surface area contributed by atoms with Gasteiger partial charge in [-0.15, -0.1) is 0 Å². The highest BCUT2D eigenvalue weighted by atomic mass is 16.5. The van der Waals surface area contributed by atoms with E-state index >= 15 is 0 Å². The molecular formula is C22H27N3O4. The van der Waals surface area contributed by atoms with E-state index in [0.717, 1.165) is 11.1 Å². The number of hydrogen-bond acceptors (Lipinski definition) is 4. The predicted molar refractivity (Wildman–Crippen MR) is 110 cm³/mol. The molecule has 0 saturated heterocycles. The van der Waals surface area contributed by atoms with Crippen LogP contribution in [0.3, 0.4) is 0 Å². The average Bonchev–Trinajstić information content (AvgIpc) is 2.72. The second kappa shape index (κ2) is 10.8. The second-order valence-electron chi connectivity index (χ2n) is 6.77. The zero-order valence-corrected chi connectivity index (χ0v) is 16.7. The van der Waals surface area contributed by atoms with E-state index in [1.165, 1.54) is 0 Å². The van der Waals surface area contributed by atoms with Gasteiger partial charge in [0.05, 0.1) is 13.2 Å². The molecule has 0 aliphatic carbocycles. The molecular weight excluding hydrogens is 370 g/mol. The third-order valence-corrected chi connectivity index (χ3v) is 4.53. The standard InChI is InChI=1S/C22H27N3O4/c1-15(17-6-4-3-5-7-17)24-20(26)12-13-21(27)25-19(22(23)28)14-16-8-10-18(29-2)11-9-16/h3-11,15,19H,12-14H2,1-2H3,(H2,23,28)(H,24,26)(H,25,27)/t15-,19-/m1/s1. The molecule has 3 amide bonds. The summed E-state index contributed by atoms with van der Waals surface area (Å²) in [7, 11) is 1.57. The van der Waals surface area contributed by atoms with Gasteiger partial charge in [0, 0.05) is 19.3 Å². The van der Waals surface area contributed by atoms with Crippen LogP contribution in [0.5, 0.6) is 5.75 Å². The molecule has 0 aromatic heterocycles. The van der Waals surface area contributed by atoms with Gasteiger partial charge >= 0.3 is 0 Å². The molecule has 0 bridgehead atoms. The molecule has 0 radical (unpaired) electrons. The molecule has 7 heteroatoms. The maximum Gasteiger partial charge on any atom is 0.240 e. The highest BCUT2D eigenvalue weighted by Crippen LogP contribution is 2.13. The van der Waals surface area contributed by atoms with Crippen LogP contribution in [-0.2, 0) is 20.8 Å². The first-order valence-corrected chi connectivity index (χ1v) is 9.45. The zero-order chi connectivity index (χ0) is 21.2. The van der Waals surface area contributed by atoms with E-state index in [1.807, 2.05) is 37.3 Å². The Morgan fingerprint density at radius 3 is 2.07 bits per heavy atom. The van der Waals surface area contributed by atoms with Crippen LogP contribution in [0.4, 0.5) is 0 Å². The van der Waals surface area contributed by atoms with Crippen LogP contribution >= 0.6 is 0 Å². The number of hydrogen-bond donors (Lipinski definition) is 3. The van der Waals surface area contributed by atoms with Gasteiger partial charge in [-0.3, -0.25) is 14.4 Å². The summed E-state index contributed by atoms with van der Waals surface area (Å²) in [6, 6.07) is 15.7. The van der Waals surface area contributed by atoms with E-state index in [2.05, 4.69) is 10.6 Å². The molecule has 0 aliphatic rings. The molecule has 4 N–H and O–H groups in total. The van der Waals surface area contributed by atoms with Crippen LogP contribution in [0.15, 0.2) is 54.6 Å². The Labute approximate surface area is 170 Å². The number of nitrogens with one attached hydrogen (secondary N) is 2. The van der Waals surface area contributed by atoms with Crippen LogP contribution in [-0.4, -0.2) is 30.9 Å². The van der Waals surface area contributed by atoms with Crippen LogP contribution in [0, 0.1) is 0 Å². The fraction of sp³-hybridized carbons (Fsp3) is 0.318. The second-order valence-corrected chi connectivity index (χ2v) is 6.77. The minimum Gasteiger partial charge on any atom is -0.497 e. The van der Waals surface area contributed by atoms with Crippen molar-refractivity contribution in [3.63, 3.8) is 0 Å². The minimum absolute atomic E-state index is 0.0248. The number of carbonyl (C=O) groups excluding carboxylic acids is 3. The van der Waals surface area contributed by atoms with Crippen LogP contribution in [0.25, 0.3) is 0 Å². The van der Waals surface area contributed by atoms with Crippen molar-refractivity contribution in [3.8, 4) is 5.75 Å². The maximum absolute atomic E-state index is 12.2. The zero-order valence-electron chi connectivity index (χ0n) is 16.7. The normalized spacial score (nSPS) is 12.5. The Balaban J connectivity index is 1.81. The van der Waals surface area contributed by atoms with Gasteiger partial charge in [-0.2, -0.15) is 0 Å². The summed E-state index contributed by atoms with van der Waals surface area (Å²) >= 11 is 0. The molecule has 7 nitrogen and oxygen atoms in total. The van der Waals surface area contributed by atoms with Crippen molar-refractivity contribution >= 4 is 17.7 Å². The van der Waals surface area contributed by atoms with Gasteiger partial charge in [-0.25, -0.2) is 0 Å². The fourth-order valence-corrected chi connectivity index (χ4v) is 2.85. The largest absolute Gasteiger partial charge is 0.497 e. The Morgan fingerprint density at radius 2 is 1.52 bits per heavy atom. The van der Waals surface area contributed by atoms with Gasteiger partial charge in [0.25, 0.3) is 0 Å². The lowest BCUT2D eigenvalue weighted by Gasteiger charge is -2.17. The molecule has 2 atom stereocenters. The molecule has 29 heavy (non-hydrogen) atoms. The smallest absolute Gasteiger partial charge is 0.240 e. The van der Waals surface area contributed by atoms with E-state index < -0.39 is 17.9 Å². The van der Waals surface area contributed by atoms with Crippen molar-refractivity contribution in [3.05, 3.63) is 65.7 Å². The van der Waals surface area contributed by atoms with Crippen molar-refractivity contribution < 1.29 is 19.1 Å². The van der Waals surface area contributed by atoms with Crippen molar-refractivity contribution in [2.45, 2.75) is 38.3 Å². The number of carbonyl (C=O) groups is 3. The number of rotatable bonds is 10. The number of ether oxygens (including phenoxy) is 1. The third kappa shape index (κ3) is 7.29. The molecule has 2 rings (SSSR count). The summed E-state index contributed by atoms with van der Waals surface area (Å²) in [6.45, 7) is 1.88. The van der Waals surface area contributed by atoms with Gasteiger partial charge in [-0.05, 0) is 30.2 Å². The maximum atomic E-state index is 12.2. The van der Waals surface area contributed by atoms with Crippen LogP contribution in [0.2, 0.25) is 0 Å². The van der Waals surface area contributed by atoms with Crippen molar-refractivity contribution in [1.82, 2.24) is 10.6 Å². The van der Waals surface area contributed by atoms with E-state index in [4.69, 9.17) is 10.5 Å². The lowest BCUT2D eigenvalue weighted by atomic mass is 10.0. The molecule has 154 valence electrons. The fourth-order valence-electron chi connectivity index (χ4n) is 2.85. The van der Waals surface area contributed by atoms with Crippen molar-refractivity contribution in [1.29, 1.82) is 0 Å². The van der Waals surface area contributed by atoms with Crippen LogP contribution < -0.4 is 21.1 Å². The monoisotopic (exact) mass is 397 g/mol. The van der Waals surface area contributed by atoms with Gasteiger partial charge in [0.2, 0.25) is 17.7 Å². The van der Waals surface area contributed by atoms with E-state index in [-0.39, 0.29) is 31.2 Å². The van der Waals surface area contributed by atoms with Gasteiger partial charge < -0.3 is 21.1 Å². The summed E-state index contributed by atoms with van der Waals surface area (Å²) < 4.78 is 5.10. The van der Waals surface area contributed by atoms with Gasteiger partial charge in [0.15, 0.2) is 0 Å². The summed E-state index contributed by atoms with van der Waals surface area (Å²) in [6.07, 6.45) is 0.263. The molecule has 0 heterocycles. The number of primary amides is 1. The summed E-state index contributed by atoms with van der Waals surface area (Å²) in [5.41, 5.74) is 7.24. The highest BCUT2D eigenvalue weighted by molar-refractivity contribution is 5.88. The molecule has 2 aromatic carbocycles. The Hall–Kier alpha value is -3.35. The first kappa shape index (κ1) is 21.9. The molecule has 2 aromatic rings. The lowest BCUT2D eigenvalue weighted by Crippen LogP contribution is -2.46. The highest BCUT2D eigenvalue weighted by Gasteiger charge is 2.19. The first-order chi connectivity index (χ1) is 13.9. The molecule has 0 saturated carbocycles. The van der Waals surface area contributed by atoms with E-state index in [1.54, 1.807) is 31.4 Å². The molecule has 0 spiro atoms. The first-order valence-electron chi connectivity index (χ1n) is 9.45. The predicted octanol–water partition coefficient (Wildman–Crippen LogP) is 1.87. The SMILES string of the molecule is COc1ccc(C[C@@H](NC(=O)CCC(=O)N[C@H](C)c2ccccc2)C(N)=O)cc1. The number of methoxy groups -OCH3 is 1. The Bertz CT molecular complexity index is 822. The van der Waals surface area contributed by atoms with Gasteiger partial charge in [0.1, 0.15) is 11.8 Å². The number of amides is 3. The summed E-state index contributed by atoms with van der Waals surface area (Å²) in [5, 5.41) is 5.47. The summed E-state index contributed by atoms with van der Waals surface area (Å²) in [4.78, 5) is 36.0. The Morgan fingerprint density at radius 1 is 0.931 bits per heavy atom.